The maximum Gasteiger partial charge on any atom is 0.260 e. The molecule has 0 unspecified atom stereocenters. The van der Waals surface area contributed by atoms with E-state index in [-0.39, 0.29) is 34.8 Å². The number of phenolic OH excluding ortho intramolecular Hbond substituents is 1. The summed E-state index contributed by atoms with van der Waals surface area (Å²) in [5.41, 5.74) is 5.21. The van der Waals surface area contributed by atoms with E-state index in [1.165, 1.54) is 7.11 Å². The molecule has 3 fully saturated rings. The minimum Gasteiger partial charge on any atom is -0.503 e. The standard InChI is InChI=1S/C34H30ClN3O6/c1-17-8-10-20(11-9-17)37-38-32(42)24-16-23-21(12-13-22-27(23)31(41)36-30(22)40)28(18-14-25(35)29(39)26(15-18)44-2)34(24,33(38)43)19-6-4-3-5-7-19/h3-12,14-15,22-24,27-28,37,39H,13,16H2,1-2H3,(H,36,40,41)/t22-,23+,24-,27-,28-,34+/m0/s1. The van der Waals surface area contributed by atoms with Gasteiger partial charge in [0.2, 0.25) is 11.8 Å². The number of aryl methyl sites for hydroxylation is 1. The number of benzene rings is 3. The third-order valence-corrected chi connectivity index (χ3v) is 10.1. The maximum atomic E-state index is 15.0. The van der Waals surface area contributed by atoms with Crippen molar-refractivity contribution in [3.05, 3.63) is 100 Å². The number of hydrazine groups is 1. The fraction of sp³-hybridized carbons (Fsp3) is 0.294. The fourth-order valence-electron chi connectivity index (χ4n) is 7.95. The van der Waals surface area contributed by atoms with Crippen molar-refractivity contribution in [3.63, 3.8) is 0 Å². The van der Waals surface area contributed by atoms with Gasteiger partial charge in [-0.15, -0.1) is 0 Å². The molecule has 0 spiro atoms. The monoisotopic (exact) mass is 611 g/mol. The van der Waals surface area contributed by atoms with Crippen LogP contribution in [-0.2, 0) is 24.6 Å². The third-order valence-electron chi connectivity index (χ3n) is 9.84. The number of carbonyl (C=O) groups is 4. The van der Waals surface area contributed by atoms with Crippen molar-refractivity contribution < 1.29 is 29.0 Å². The van der Waals surface area contributed by atoms with Gasteiger partial charge >= 0.3 is 0 Å². The van der Waals surface area contributed by atoms with Crippen LogP contribution in [0.2, 0.25) is 5.02 Å². The van der Waals surface area contributed by atoms with E-state index < -0.39 is 46.8 Å². The Labute approximate surface area is 258 Å². The summed E-state index contributed by atoms with van der Waals surface area (Å²) in [5, 5.41) is 14.2. The second kappa shape index (κ2) is 10.2. The minimum atomic E-state index is -1.43. The van der Waals surface area contributed by atoms with Crippen LogP contribution in [0.5, 0.6) is 11.5 Å². The number of imide groups is 2. The van der Waals surface area contributed by atoms with Crippen molar-refractivity contribution >= 4 is 40.9 Å². The minimum absolute atomic E-state index is 0.0238. The van der Waals surface area contributed by atoms with Gasteiger partial charge in [-0.05, 0) is 61.1 Å². The summed E-state index contributed by atoms with van der Waals surface area (Å²) in [7, 11) is 1.41. The van der Waals surface area contributed by atoms with E-state index in [9.17, 15) is 19.5 Å². The zero-order chi connectivity index (χ0) is 30.9. The van der Waals surface area contributed by atoms with E-state index in [0.717, 1.165) is 16.1 Å². The van der Waals surface area contributed by atoms with Crippen molar-refractivity contribution in [2.45, 2.75) is 31.1 Å². The Bertz CT molecular complexity index is 1760. The second-order valence-electron chi connectivity index (χ2n) is 12.0. The predicted octanol–water partition coefficient (Wildman–Crippen LogP) is 4.64. The molecule has 0 radical (unpaired) electrons. The first-order valence-corrected chi connectivity index (χ1v) is 14.9. The van der Waals surface area contributed by atoms with Crippen LogP contribution in [0.3, 0.4) is 0 Å². The number of aromatic hydroxyl groups is 1. The highest BCUT2D eigenvalue weighted by Crippen LogP contribution is 2.64. The molecule has 3 aromatic carbocycles. The molecule has 0 bridgehead atoms. The number of halogens is 1. The first-order chi connectivity index (χ1) is 21.2. The van der Waals surface area contributed by atoms with Crippen LogP contribution in [0.25, 0.3) is 0 Å². The lowest BCUT2D eigenvalue weighted by atomic mass is 9.49. The van der Waals surface area contributed by atoms with Crippen LogP contribution in [0.15, 0.2) is 78.4 Å². The quantitative estimate of drug-likeness (QED) is 0.284. The molecule has 0 aromatic heterocycles. The van der Waals surface area contributed by atoms with E-state index in [0.29, 0.717) is 23.2 Å². The molecule has 6 atom stereocenters. The molecule has 3 N–H and O–H groups in total. The number of hydrogen-bond donors (Lipinski definition) is 3. The molecule has 4 aliphatic rings. The van der Waals surface area contributed by atoms with Gasteiger partial charge in [-0.1, -0.05) is 71.3 Å². The SMILES string of the molecule is COc1cc([C@H]2C3=CC[C@@H]4C(=O)NC(=O)[C@@H]4[C@@H]3C[C@H]3C(=O)N(Nc4ccc(C)cc4)C(=O)[C@@]23c2ccccc2)cc(Cl)c1O. The Balaban J connectivity index is 1.49. The lowest BCUT2D eigenvalue weighted by molar-refractivity contribution is -0.138. The molecule has 2 aliphatic carbocycles. The molecule has 224 valence electrons. The van der Waals surface area contributed by atoms with E-state index in [1.807, 2.05) is 55.5 Å². The van der Waals surface area contributed by atoms with E-state index >= 15 is 4.79 Å². The molecule has 7 rings (SSSR count). The molecule has 9 nitrogen and oxygen atoms in total. The normalized spacial score (nSPS) is 29.0. The first kappa shape index (κ1) is 28.2. The van der Waals surface area contributed by atoms with Gasteiger partial charge in [0.05, 0.1) is 41.0 Å². The molecular formula is C34H30ClN3O6. The van der Waals surface area contributed by atoms with Crippen LogP contribution in [0, 0.1) is 30.6 Å². The van der Waals surface area contributed by atoms with E-state index in [1.54, 1.807) is 24.3 Å². The average molecular weight is 612 g/mol. The molecule has 10 heteroatoms. The number of carbonyl (C=O) groups excluding carboxylic acids is 4. The van der Waals surface area contributed by atoms with Gasteiger partial charge in [-0.2, -0.15) is 5.01 Å². The molecule has 2 heterocycles. The molecule has 44 heavy (non-hydrogen) atoms. The molecular weight excluding hydrogens is 582 g/mol. The maximum absolute atomic E-state index is 15.0. The number of ether oxygens (including phenoxy) is 1. The van der Waals surface area contributed by atoms with Crippen LogP contribution in [-0.4, -0.2) is 40.9 Å². The Morgan fingerprint density at radius 1 is 1.00 bits per heavy atom. The third kappa shape index (κ3) is 3.91. The number of nitrogens with zero attached hydrogens (tertiary/aromatic N) is 1. The second-order valence-corrected chi connectivity index (χ2v) is 12.4. The molecule has 3 aromatic rings. The summed E-state index contributed by atoms with van der Waals surface area (Å²) >= 11 is 6.54. The zero-order valence-corrected chi connectivity index (χ0v) is 24.8. The molecule has 4 amide bonds. The number of amides is 4. The lowest BCUT2D eigenvalue weighted by Crippen LogP contribution is -2.53. The molecule has 1 saturated carbocycles. The van der Waals surface area contributed by atoms with Crippen molar-refractivity contribution in [2.75, 3.05) is 12.5 Å². The van der Waals surface area contributed by atoms with Crippen LogP contribution in [0.1, 0.15) is 35.4 Å². The highest BCUT2D eigenvalue weighted by atomic mass is 35.5. The van der Waals surface area contributed by atoms with Crippen molar-refractivity contribution in [3.8, 4) is 11.5 Å². The van der Waals surface area contributed by atoms with Gasteiger partial charge in [0.25, 0.3) is 11.8 Å². The Morgan fingerprint density at radius 2 is 1.73 bits per heavy atom. The molecule has 2 saturated heterocycles. The van der Waals surface area contributed by atoms with Gasteiger partial charge < -0.3 is 9.84 Å². The number of anilines is 1. The highest BCUT2D eigenvalue weighted by molar-refractivity contribution is 6.32. The summed E-state index contributed by atoms with van der Waals surface area (Å²) in [6.45, 7) is 1.95. The molecule has 2 aliphatic heterocycles. The number of methoxy groups -OCH3 is 1. The van der Waals surface area contributed by atoms with Gasteiger partial charge in [0, 0.05) is 5.92 Å². The first-order valence-electron chi connectivity index (χ1n) is 14.5. The van der Waals surface area contributed by atoms with Gasteiger partial charge in [0.1, 0.15) is 0 Å². The van der Waals surface area contributed by atoms with Gasteiger partial charge in [0.15, 0.2) is 11.5 Å². The van der Waals surface area contributed by atoms with Gasteiger partial charge in [-0.3, -0.25) is 29.9 Å². The van der Waals surface area contributed by atoms with Crippen LogP contribution >= 0.6 is 11.6 Å². The van der Waals surface area contributed by atoms with Crippen molar-refractivity contribution in [1.82, 2.24) is 10.3 Å². The van der Waals surface area contributed by atoms with E-state index in [4.69, 9.17) is 16.3 Å². The summed E-state index contributed by atoms with van der Waals surface area (Å²) in [6.07, 6.45) is 2.46. The smallest absolute Gasteiger partial charge is 0.260 e. The fourth-order valence-corrected chi connectivity index (χ4v) is 8.17. The largest absolute Gasteiger partial charge is 0.503 e. The summed E-state index contributed by atoms with van der Waals surface area (Å²) in [5.74, 6) is -5.05. The number of phenols is 1. The lowest BCUT2D eigenvalue weighted by Gasteiger charge is -2.50. The number of rotatable bonds is 5. The zero-order valence-electron chi connectivity index (χ0n) is 24.0. The Morgan fingerprint density at radius 3 is 2.43 bits per heavy atom. The Kier molecular flexibility index (Phi) is 6.55. The van der Waals surface area contributed by atoms with Gasteiger partial charge in [-0.25, -0.2) is 0 Å². The number of allylic oxidation sites excluding steroid dienone is 2. The van der Waals surface area contributed by atoms with Crippen LogP contribution in [0.4, 0.5) is 5.69 Å². The number of hydrogen-bond acceptors (Lipinski definition) is 7. The number of fused-ring (bicyclic) bond motifs is 4. The van der Waals surface area contributed by atoms with Crippen LogP contribution < -0.4 is 15.5 Å². The number of nitrogens with one attached hydrogen (secondary N) is 2. The average Bonchev–Trinajstić information content (AvgIpc) is 3.43. The predicted molar refractivity (Wildman–Crippen MR) is 162 cm³/mol. The summed E-state index contributed by atoms with van der Waals surface area (Å²) in [4.78, 5) is 55.5. The van der Waals surface area contributed by atoms with Crippen molar-refractivity contribution in [2.24, 2.45) is 23.7 Å². The summed E-state index contributed by atoms with van der Waals surface area (Å²) < 4.78 is 5.46. The van der Waals surface area contributed by atoms with Crippen molar-refractivity contribution in [1.29, 1.82) is 0 Å². The Hall–Kier alpha value is -4.63. The van der Waals surface area contributed by atoms with E-state index in [2.05, 4.69) is 10.7 Å². The summed E-state index contributed by atoms with van der Waals surface area (Å²) in [6, 6.07) is 19.8. The topological polar surface area (TPSA) is 125 Å². The highest BCUT2D eigenvalue weighted by Gasteiger charge is 2.70.